The van der Waals surface area contributed by atoms with Crippen LogP contribution in [0.25, 0.3) is 0 Å². The van der Waals surface area contributed by atoms with Crippen LogP contribution in [0.15, 0.2) is 29.5 Å². The van der Waals surface area contributed by atoms with Gasteiger partial charge in [0.25, 0.3) is 18.3 Å². The predicted octanol–water partition coefficient (Wildman–Crippen LogP) is 0.798. The first-order valence-electron chi connectivity index (χ1n) is 20.5. The van der Waals surface area contributed by atoms with Crippen molar-refractivity contribution >= 4 is 35.7 Å². The van der Waals surface area contributed by atoms with Gasteiger partial charge in [-0.1, -0.05) is 108 Å². The Hall–Kier alpha value is -2.13. The molecule has 0 heterocycles. The van der Waals surface area contributed by atoms with Gasteiger partial charge in [0.2, 0.25) is 11.6 Å². The van der Waals surface area contributed by atoms with Crippen molar-refractivity contribution in [1.82, 2.24) is 10.6 Å². The molecule has 2 amide bonds. The molecule has 0 saturated carbocycles. The third kappa shape index (κ3) is 60.5. The molecule has 58 heavy (non-hydrogen) atoms. The van der Waals surface area contributed by atoms with Crippen molar-refractivity contribution in [2.75, 3.05) is 13.1 Å². The maximum absolute atomic E-state index is 11.3. The number of hydrogen-bond acceptors (Lipinski definition) is 12. The van der Waals surface area contributed by atoms with Crippen LogP contribution in [-0.4, -0.2) is 59.2 Å². The van der Waals surface area contributed by atoms with E-state index in [1.165, 1.54) is 70.6 Å². The van der Waals surface area contributed by atoms with Crippen LogP contribution in [0, 0.1) is 11.3 Å². The van der Waals surface area contributed by atoms with Crippen LogP contribution in [0.4, 0.5) is 0 Å². The molecular formula is C41H76N6Na2O9. The maximum atomic E-state index is 11.3. The van der Waals surface area contributed by atoms with Crippen molar-refractivity contribution in [3.8, 4) is 6.07 Å². The fourth-order valence-electron chi connectivity index (χ4n) is 5.02. The minimum Gasteiger partial charge on any atom is -1.00 e. The summed E-state index contributed by atoms with van der Waals surface area (Å²) in [5.74, 6) is 2.25. The largest absolute Gasteiger partial charge is 1.00 e. The van der Waals surface area contributed by atoms with Gasteiger partial charge in [0.15, 0.2) is 0 Å². The van der Waals surface area contributed by atoms with E-state index < -0.39 is 11.8 Å². The molecule has 0 bridgehead atoms. The molecule has 0 fully saturated rings. The van der Waals surface area contributed by atoms with E-state index in [2.05, 4.69) is 56.9 Å². The van der Waals surface area contributed by atoms with Crippen LogP contribution in [0.1, 0.15) is 182 Å². The van der Waals surface area contributed by atoms with Crippen LogP contribution in [0.2, 0.25) is 0 Å². The first-order valence-corrected chi connectivity index (χ1v) is 20.5. The molecule has 0 aromatic rings. The monoisotopic (exact) mass is 843 g/mol. The zero-order valence-corrected chi connectivity index (χ0v) is 40.5. The van der Waals surface area contributed by atoms with E-state index in [1.807, 2.05) is 0 Å². The Labute approximate surface area is 394 Å². The Balaban J connectivity index is -0.000000155. The number of amidine groups is 1. The molecule has 0 aliphatic carbocycles. The van der Waals surface area contributed by atoms with Crippen molar-refractivity contribution < 1.29 is 105 Å². The second-order valence-electron chi connectivity index (χ2n) is 13.0. The van der Waals surface area contributed by atoms with E-state index in [9.17, 15) is 19.2 Å². The Morgan fingerprint density at radius 3 is 1.28 bits per heavy atom. The molecule has 0 unspecified atom stereocenters. The van der Waals surface area contributed by atoms with Crippen molar-refractivity contribution in [1.29, 1.82) is 5.26 Å². The predicted molar refractivity (Wildman–Crippen MR) is 219 cm³/mol. The first kappa shape index (κ1) is 67.6. The molecule has 0 aromatic carbocycles. The van der Waals surface area contributed by atoms with Crippen LogP contribution < -0.4 is 86.6 Å². The summed E-state index contributed by atoms with van der Waals surface area (Å²) in [4.78, 5) is 55.9. The summed E-state index contributed by atoms with van der Waals surface area (Å²) in [6.45, 7) is 4.38. The van der Waals surface area contributed by atoms with Crippen LogP contribution in [0.3, 0.4) is 0 Å². The van der Waals surface area contributed by atoms with Gasteiger partial charge in [-0.2, -0.15) is 5.26 Å². The number of unbranched alkanes of at least 4 members (excludes halogenated alkanes) is 19. The van der Waals surface area contributed by atoms with Gasteiger partial charge in [-0.15, -0.1) is 0 Å². The molecule has 0 rings (SSSR count). The summed E-state index contributed by atoms with van der Waals surface area (Å²) in [6, 6.07) is 2.19. The minimum atomic E-state index is -0.453. The van der Waals surface area contributed by atoms with Gasteiger partial charge in [-0.05, 0) is 77.0 Å². The van der Waals surface area contributed by atoms with E-state index >= 15 is 0 Å². The van der Waals surface area contributed by atoms with Crippen LogP contribution in [0.5, 0.6) is 0 Å². The van der Waals surface area contributed by atoms with Gasteiger partial charge in [-0.25, -0.2) is 5.90 Å². The van der Waals surface area contributed by atoms with Gasteiger partial charge in [-0.3, -0.25) is 24.0 Å². The standard InChI is InChI=1S/C20H37N3O3.C20H34N2O2.CH2O3.H3NO.2Na.H/c1-2-18(24)20(25)22-17-15-13-11-9-7-5-3-4-6-8-10-12-14-16-19(21)23-26;1-2-19(23)20(24)22-18-16-14-12-10-8-6-4-3-5-7-9-11-13-15-17-21;2-1-4-3;1-2;;;/h7,9,26H,2-6,8,10-17H2,1H3,(H2,21,23)(H,22,25);8,10H,2-7,9,11-16,18H2,1H3,(H,22,24);1,3H;2H,1H2;;;/q;;;;2*+1;-1/p-1/b9-7-;10-8-;;;;;. The number of nitrogens with zero attached hydrogens (tertiary/aromatic N) is 2. The van der Waals surface area contributed by atoms with Gasteiger partial charge < -0.3 is 38.4 Å². The zero-order chi connectivity index (χ0) is 42.8. The summed E-state index contributed by atoms with van der Waals surface area (Å²) in [7, 11) is 0. The molecule has 0 aliphatic rings. The number of allylic oxidation sites excluding steroid dienone is 4. The molecule has 0 aromatic heterocycles. The first-order chi connectivity index (χ1) is 27.2. The summed E-state index contributed by atoms with van der Waals surface area (Å²) in [5, 5.41) is 40.1. The number of nitriles is 1. The molecular weight excluding hydrogens is 766 g/mol. The second-order valence-corrected chi connectivity index (χ2v) is 13.0. The molecule has 15 nitrogen and oxygen atoms in total. The third-order valence-corrected chi connectivity index (χ3v) is 8.28. The van der Waals surface area contributed by atoms with E-state index in [0.717, 1.165) is 70.6 Å². The van der Waals surface area contributed by atoms with Crippen molar-refractivity contribution in [2.24, 2.45) is 16.8 Å². The van der Waals surface area contributed by atoms with E-state index in [0.29, 0.717) is 31.8 Å². The average Bonchev–Trinajstić information content (AvgIpc) is 3.23. The second kappa shape index (κ2) is 61.5. The number of amides is 2. The van der Waals surface area contributed by atoms with Crippen LogP contribution >= 0.6 is 0 Å². The molecule has 0 spiro atoms. The van der Waals surface area contributed by atoms with Gasteiger partial charge in [0.05, 0.1) is 6.07 Å². The number of carbonyl (C=O) groups excluding carboxylic acids is 5. The number of hydrogen-bond donors (Lipinski definition) is 6. The summed E-state index contributed by atoms with van der Waals surface area (Å²) in [6.07, 6.45) is 36.1. The van der Waals surface area contributed by atoms with Gasteiger partial charge in [0.1, 0.15) is 5.84 Å². The van der Waals surface area contributed by atoms with Crippen molar-refractivity contribution in [2.45, 2.75) is 181 Å². The molecule has 326 valence electrons. The molecule has 0 radical (unpaired) electrons. The van der Waals surface area contributed by atoms with Gasteiger partial charge in [0, 0.05) is 38.8 Å². The van der Waals surface area contributed by atoms with E-state index in [-0.39, 0.29) is 91.4 Å². The number of rotatable bonds is 34. The molecule has 17 heteroatoms. The smallest absolute Gasteiger partial charge is 1.00 e. The topological polar surface area (TPSA) is 270 Å². The number of oxime groups is 1. The zero-order valence-electron chi connectivity index (χ0n) is 37.5. The Bertz CT molecular complexity index is 1080. The number of nitrogens with one attached hydrogen (secondary N) is 2. The molecule has 8 N–H and O–H groups in total. The quantitative estimate of drug-likeness (QED) is 0.00502. The fraction of sp³-hybridized carbons (Fsp3) is 0.732. The Kier molecular flexibility index (Phi) is 71.8. The third-order valence-electron chi connectivity index (χ3n) is 8.28. The van der Waals surface area contributed by atoms with Gasteiger partial charge >= 0.3 is 59.1 Å². The Morgan fingerprint density at radius 2 is 0.966 bits per heavy atom. The minimum absolute atomic E-state index is 0. The molecule has 0 aliphatic heterocycles. The Morgan fingerprint density at radius 1 is 0.655 bits per heavy atom. The molecule has 0 saturated heterocycles. The number of carbonyl (C=O) groups is 5. The fourth-order valence-corrected chi connectivity index (χ4v) is 5.02. The number of ketones is 2. The summed E-state index contributed by atoms with van der Waals surface area (Å²) in [5.41, 5.74) is 5.42. The van der Waals surface area contributed by atoms with Crippen molar-refractivity contribution in [3.63, 3.8) is 0 Å². The summed E-state index contributed by atoms with van der Waals surface area (Å²) < 4.78 is 0. The normalized spacial score (nSPS) is 10.2. The SMILES string of the molecule is CCC(=O)C(=O)NCCCC/C=C\CCCCCCCCC/C(N)=N\O.CCC(=O)C(=O)NCCCC/C=C\CCCCCCCCCC#N.NO.O=CO[O-].[H-].[Na+].[Na+]. The van der Waals surface area contributed by atoms with Crippen molar-refractivity contribution in [3.05, 3.63) is 24.3 Å². The molecule has 0 atom stereocenters. The average molecular weight is 843 g/mol. The van der Waals surface area contributed by atoms with E-state index in [4.69, 9.17) is 31.5 Å². The summed E-state index contributed by atoms with van der Waals surface area (Å²) >= 11 is 0. The number of nitrogens with two attached hydrogens (primary N) is 2. The number of Topliss-reactive ketones (excluding diaryl/α,β-unsaturated/α-hetero) is 2. The maximum Gasteiger partial charge on any atom is 1.00 e. The van der Waals surface area contributed by atoms with E-state index in [1.54, 1.807) is 13.8 Å². The van der Waals surface area contributed by atoms with Crippen LogP contribution in [-0.2, 0) is 28.9 Å².